The highest BCUT2D eigenvalue weighted by atomic mass is 35.7. The van der Waals surface area contributed by atoms with E-state index in [-0.39, 0.29) is 5.56 Å². The number of carbonyl (C=O) groups is 1. The van der Waals surface area contributed by atoms with Crippen LogP contribution in [0.4, 0.5) is 0 Å². The molecule has 0 aromatic heterocycles. The van der Waals surface area contributed by atoms with Gasteiger partial charge in [-0.05, 0) is 5.56 Å². The number of rotatable bonds is 5. The van der Waals surface area contributed by atoms with Crippen LogP contribution in [0.15, 0.2) is 66.4 Å². The molecule has 2 rings (SSSR count). The number of hydrogen-bond acceptors (Lipinski definition) is 5. The first-order valence-corrected chi connectivity index (χ1v) is 7.16. The highest BCUT2D eigenvalue weighted by molar-refractivity contribution is 6.09. The summed E-state index contributed by atoms with van der Waals surface area (Å²) in [5.41, 5.74) is 0.758. The maximum atomic E-state index is 12.2. The maximum Gasteiger partial charge on any atom is 0.336 e. The lowest BCUT2D eigenvalue weighted by Gasteiger charge is -2.13. The third-order valence-electron chi connectivity index (χ3n) is 2.53. The summed E-state index contributed by atoms with van der Waals surface area (Å²) < 4.78 is 36.6. The van der Waals surface area contributed by atoms with Crippen LogP contribution in [0.3, 0.4) is 0 Å². The van der Waals surface area contributed by atoms with Crippen LogP contribution in [0.5, 0.6) is 0 Å². The molecule has 2 aromatic carbocycles. The fraction of sp³-hybridized carbons (Fsp3) is 0. The average molecular weight is 307 g/mol. The summed E-state index contributed by atoms with van der Waals surface area (Å²) in [5.74, 6) is -1.24. The smallest absolute Gasteiger partial charge is 0.284 e. The summed E-state index contributed by atoms with van der Waals surface area (Å²) in [7, 11) is -4.75. The summed E-state index contributed by atoms with van der Waals surface area (Å²) in [4.78, 5) is 12.2. The fourth-order valence-electron chi connectivity index (χ4n) is 1.66. The van der Waals surface area contributed by atoms with E-state index in [9.17, 15) is 18.8 Å². The lowest BCUT2D eigenvalue weighted by Crippen LogP contribution is -2.61. The van der Waals surface area contributed by atoms with Gasteiger partial charge in [-0.25, -0.2) is 0 Å². The average Bonchev–Trinajstić information content (AvgIpc) is 2.46. The van der Waals surface area contributed by atoms with E-state index >= 15 is 0 Å². The molecule has 0 unspecified atom stereocenters. The van der Waals surface area contributed by atoms with Crippen LogP contribution in [-0.2, 0) is 4.29 Å². The monoisotopic (exact) mass is 306 g/mol. The van der Waals surface area contributed by atoms with Gasteiger partial charge in [-0.1, -0.05) is 65.0 Å². The second kappa shape index (κ2) is 6.51. The quantitative estimate of drug-likeness (QED) is 0.434. The van der Waals surface area contributed by atoms with Crippen molar-refractivity contribution in [1.82, 2.24) is 0 Å². The number of allylic oxidation sites excluding steroid dienone is 1. The molecule has 0 aliphatic rings. The molecule has 0 heterocycles. The van der Waals surface area contributed by atoms with Crippen molar-refractivity contribution >= 4 is 11.9 Å². The summed E-state index contributed by atoms with van der Waals surface area (Å²) in [6.45, 7) is 0. The number of hydrogen-bond donors (Lipinski definition) is 0. The SMILES string of the molecule is O=C(/C(=C\c1ccccc1)O[Cl+3]([O-])([O-])[O-])c1ccccc1. The second-order valence-corrected chi connectivity index (χ2v) is 4.98. The van der Waals surface area contributed by atoms with Gasteiger partial charge in [0.05, 0.1) is 0 Å². The Kier molecular flexibility index (Phi) is 4.72. The molecule has 21 heavy (non-hydrogen) atoms. The molecule has 0 aliphatic heterocycles. The molecule has 0 amide bonds. The first-order chi connectivity index (χ1) is 9.96. The molecule has 0 fully saturated rings. The zero-order valence-corrected chi connectivity index (χ0v) is 11.5. The van der Waals surface area contributed by atoms with E-state index in [2.05, 4.69) is 4.29 Å². The molecule has 0 aliphatic carbocycles. The summed E-state index contributed by atoms with van der Waals surface area (Å²) in [6.07, 6.45) is 1.21. The number of halogens is 1. The molecule has 0 saturated carbocycles. The topological polar surface area (TPSA) is 95.5 Å². The molecule has 2 aromatic rings. The molecule has 0 atom stereocenters. The number of benzene rings is 2. The van der Waals surface area contributed by atoms with Crippen molar-refractivity contribution < 1.29 is 33.3 Å². The molecular weight excluding hydrogens is 296 g/mol. The van der Waals surface area contributed by atoms with E-state index in [4.69, 9.17) is 0 Å². The number of Topliss-reactive ketones (excluding diaryl/α,β-unsaturated/α-hetero) is 1. The van der Waals surface area contributed by atoms with Crippen LogP contribution >= 0.6 is 0 Å². The predicted octanol–water partition coefficient (Wildman–Crippen LogP) is -0.176. The summed E-state index contributed by atoms with van der Waals surface area (Å²) in [5, 5.41) is 0. The van der Waals surface area contributed by atoms with E-state index in [0.717, 1.165) is 0 Å². The van der Waals surface area contributed by atoms with Crippen LogP contribution in [-0.4, -0.2) is 5.78 Å². The van der Waals surface area contributed by atoms with E-state index in [1.165, 1.54) is 18.2 Å². The Labute approximate surface area is 123 Å². The molecular formula is C15H11ClO5. The van der Waals surface area contributed by atoms with E-state index in [1.807, 2.05) is 0 Å². The minimum atomic E-state index is -4.75. The summed E-state index contributed by atoms with van der Waals surface area (Å²) >= 11 is 0. The van der Waals surface area contributed by atoms with Gasteiger partial charge < -0.3 is 0 Å². The van der Waals surface area contributed by atoms with Crippen molar-refractivity contribution in [2.45, 2.75) is 0 Å². The highest BCUT2D eigenvalue weighted by Crippen LogP contribution is 2.16. The van der Waals surface area contributed by atoms with Gasteiger partial charge >= 0.3 is 5.76 Å². The largest absolute Gasteiger partial charge is 0.336 e. The summed E-state index contributed by atoms with van der Waals surface area (Å²) in [6, 6.07) is 16.4. The Bertz CT molecular complexity index is 632. The molecule has 108 valence electrons. The van der Waals surface area contributed by atoms with Gasteiger partial charge in [0, 0.05) is 11.6 Å². The molecule has 0 spiro atoms. The Balaban J connectivity index is 2.37. The van der Waals surface area contributed by atoms with Crippen LogP contribution in [0.1, 0.15) is 15.9 Å². The Hall–Kier alpha value is -2.18. The number of ketones is 1. The van der Waals surface area contributed by atoms with Crippen molar-refractivity contribution in [3.05, 3.63) is 77.5 Å². The first-order valence-electron chi connectivity index (χ1n) is 5.92. The van der Waals surface area contributed by atoms with Crippen molar-refractivity contribution in [3.8, 4) is 0 Å². The van der Waals surface area contributed by atoms with Gasteiger partial charge in [-0.15, -0.1) is 0 Å². The second-order valence-electron chi connectivity index (χ2n) is 4.07. The normalized spacial score (nSPS) is 12.0. The zero-order valence-electron chi connectivity index (χ0n) is 10.8. The standard InChI is InChI=1S/C15H11ClO5/c17-15(13-9-5-2-6-10-13)14(21-16(18,19)20)11-12-7-3-1-4-8-12/h1-11H/b14-11+. The molecule has 0 saturated heterocycles. The number of carbonyl (C=O) groups excluding carboxylic acids is 1. The third kappa shape index (κ3) is 4.70. The lowest BCUT2D eigenvalue weighted by molar-refractivity contribution is -1.92. The van der Waals surface area contributed by atoms with Crippen molar-refractivity contribution in [2.75, 3.05) is 0 Å². The molecule has 0 bridgehead atoms. The Morgan fingerprint density at radius 1 is 0.905 bits per heavy atom. The predicted molar refractivity (Wildman–Crippen MR) is 66.3 cm³/mol. The van der Waals surface area contributed by atoms with E-state index < -0.39 is 21.8 Å². The first kappa shape index (κ1) is 15.2. The van der Waals surface area contributed by atoms with Crippen LogP contribution in [0, 0.1) is 10.2 Å². The minimum Gasteiger partial charge on any atom is -0.284 e. The van der Waals surface area contributed by atoms with E-state index in [1.54, 1.807) is 48.5 Å². The Morgan fingerprint density at radius 2 is 1.43 bits per heavy atom. The van der Waals surface area contributed by atoms with Crippen molar-refractivity contribution in [1.29, 1.82) is 0 Å². The van der Waals surface area contributed by atoms with Crippen LogP contribution in [0.2, 0.25) is 0 Å². The molecule has 5 nitrogen and oxygen atoms in total. The maximum absolute atomic E-state index is 12.2. The molecule has 0 radical (unpaired) electrons. The van der Waals surface area contributed by atoms with Gasteiger partial charge in [0.2, 0.25) is 5.78 Å². The van der Waals surface area contributed by atoms with Gasteiger partial charge in [0.15, 0.2) is 0 Å². The van der Waals surface area contributed by atoms with Gasteiger partial charge in [0.1, 0.15) is 10.2 Å². The Morgan fingerprint density at radius 3 is 1.95 bits per heavy atom. The fourth-order valence-corrected chi connectivity index (χ4v) is 1.98. The van der Waals surface area contributed by atoms with E-state index in [0.29, 0.717) is 5.56 Å². The van der Waals surface area contributed by atoms with Gasteiger partial charge in [-0.2, -0.15) is 14.0 Å². The van der Waals surface area contributed by atoms with Gasteiger partial charge in [0.25, 0.3) is 0 Å². The lowest BCUT2D eigenvalue weighted by atomic mass is 10.1. The third-order valence-corrected chi connectivity index (χ3v) is 2.89. The van der Waals surface area contributed by atoms with Crippen molar-refractivity contribution in [2.24, 2.45) is 0 Å². The minimum absolute atomic E-state index is 0.221. The zero-order chi connectivity index (χ0) is 15.3. The van der Waals surface area contributed by atoms with Crippen LogP contribution < -0.4 is 14.0 Å². The highest BCUT2D eigenvalue weighted by Gasteiger charge is 2.29. The molecule has 6 heteroatoms. The molecule has 0 N–H and O–H groups in total. The van der Waals surface area contributed by atoms with Crippen LogP contribution in [0.25, 0.3) is 6.08 Å². The van der Waals surface area contributed by atoms with Crippen molar-refractivity contribution in [3.63, 3.8) is 0 Å². The van der Waals surface area contributed by atoms with Gasteiger partial charge in [-0.3, -0.25) is 4.79 Å².